The second kappa shape index (κ2) is 24.1. The summed E-state index contributed by atoms with van der Waals surface area (Å²) in [5, 5.41) is 0. The van der Waals surface area contributed by atoms with Crippen molar-refractivity contribution >= 4 is 7.82 Å². The van der Waals surface area contributed by atoms with Gasteiger partial charge in [0.15, 0.2) is 0 Å². The number of hydrogen-bond donors (Lipinski definition) is 1. The highest BCUT2D eigenvalue weighted by Gasteiger charge is 2.23. The summed E-state index contributed by atoms with van der Waals surface area (Å²) in [6.45, 7) is 4.03. The van der Waals surface area contributed by atoms with Gasteiger partial charge in [-0.05, 0) is 25.2 Å². The van der Waals surface area contributed by atoms with Crippen LogP contribution < -0.4 is 0 Å². The van der Waals surface area contributed by atoms with Crippen molar-refractivity contribution in [2.24, 2.45) is 5.92 Å². The molecule has 0 aliphatic heterocycles. The lowest BCUT2D eigenvalue weighted by Gasteiger charge is -2.25. The minimum atomic E-state index is -4.00. The second-order valence-electron chi connectivity index (χ2n) is 10.8. The van der Waals surface area contributed by atoms with Crippen molar-refractivity contribution < 1.29 is 28.0 Å². The Kier molecular flexibility index (Phi) is 22.8. The molecule has 0 radical (unpaired) electrons. The Morgan fingerprint density at radius 3 is 1.75 bits per heavy atom. The molecule has 7 heteroatoms. The Bertz CT molecular complexity index is 512. The monoisotopic (exact) mass is 534 g/mol. The van der Waals surface area contributed by atoms with Gasteiger partial charge in [0.05, 0.1) is 13.2 Å². The molecule has 0 bridgehead atoms. The van der Waals surface area contributed by atoms with Gasteiger partial charge in [-0.15, -0.1) is 0 Å². The van der Waals surface area contributed by atoms with Gasteiger partial charge < -0.3 is 14.4 Å². The Labute approximate surface area is 223 Å². The van der Waals surface area contributed by atoms with Crippen LogP contribution in [0.3, 0.4) is 0 Å². The van der Waals surface area contributed by atoms with Gasteiger partial charge in [0, 0.05) is 20.3 Å². The second-order valence-corrected chi connectivity index (χ2v) is 12.3. The van der Waals surface area contributed by atoms with Gasteiger partial charge in [-0.25, -0.2) is 4.57 Å². The van der Waals surface area contributed by atoms with E-state index < -0.39 is 7.82 Å². The molecular weight excluding hydrogens is 475 g/mol. The number of phosphoric acid groups is 1. The number of rotatable bonds is 26. The van der Waals surface area contributed by atoms with Crippen LogP contribution >= 0.6 is 7.82 Å². The van der Waals surface area contributed by atoms with Crippen molar-refractivity contribution in [1.82, 2.24) is 0 Å². The molecule has 0 spiro atoms. The van der Waals surface area contributed by atoms with Crippen LogP contribution in [0.25, 0.3) is 0 Å². The number of unbranched alkanes of at least 4 members (excludes halogenated alkanes) is 15. The molecule has 216 valence electrons. The summed E-state index contributed by atoms with van der Waals surface area (Å²) in [6, 6.07) is 0. The lowest BCUT2D eigenvalue weighted by Crippen LogP contribution is -2.28. The van der Waals surface area contributed by atoms with Crippen LogP contribution in [0.15, 0.2) is 0 Å². The Balaban J connectivity index is 1.97. The molecule has 0 saturated heterocycles. The first-order valence-electron chi connectivity index (χ1n) is 15.3. The molecule has 1 saturated carbocycles. The largest absolute Gasteiger partial charge is 0.472 e. The minimum Gasteiger partial charge on any atom is -0.379 e. The van der Waals surface area contributed by atoms with E-state index in [0.717, 1.165) is 6.42 Å². The third-order valence-electron chi connectivity index (χ3n) is 7.39. The normalized spacial score (nSPS) is 17.3. The molecule has 1 fully saturated rings. The third-order valence-corrected chi connectivity index (χ3v) is 8.33. The van der Waals surface area contributed by atoms with Crippen LogP contribution in [0.5, 0.6) is 0 Å². The van der Waals surface area contributed by atoms with E-state index in [-0.39, 0.29) is 12.7 Å². The molecule has 1 aliphatic carbocycles. The Hall–Kier alpha value is 0.0300. The predicted molar refractivity (Wildman–Crippen MR) is 149 cm³/mol. The van der Waals surface area contributed by atoms with Crippen LogP contribution in [0, 0.1) is 5.92 Å². The quantitative estimate of drug-likeness (QED) is 0.0881. The molecule has 0 aromatic heterocycles. The lowest BCUT2D eigenvalue weighted by atomic mass is 9.90. The smallest absolute Gasteiger partial charge is 0.379 e. The van der Waals surface area contributed by atoms with Gasteiger partial charge in [-0.2, -0.15) is 0 Å². The highest BCUT2D eigenvalue weighted by atomic mass is 31.2. The van der Waals surface area contributed by atoms with Gasteiger partial charge in [-0.1, -0.05) is 122 Å². The van der Waals surface area contributed by atoms with Crippen molar-refractivity contribution in [3.05, 3.63) is 0 Å². The first-order chi connectivity index (χ1) is 17.6. The summed E-state index contributed by atoms with van der Waals surface area (Å²) in [7, 11) is -2.82. The van der Waals surface area contributed by atoms with Crippen LogP contribution in [0.2, 0.25) is 0 Å². The SMILES string of the molecule is CCCCCCCCCCCCCCCCCCOC[C@H](COP(=O)(O)OC)OCC1CCCCC1. The summed E-state index contributed by atoms with van der Waals surface area (Å²) in [5.41, 5.74) is 0. The average Bonchev–Trinajstić information content (AvgIpc) is 2.89. The van der Waals surface area contributed by atoms with Crippen molar-refractivity contribution in [2.45, 2.75) is 148 Å². The van der Waals surface area contributed by atoms with Gasteiger partial charge in [-0.3, -0.25) is 9.05 Å². The van der Waals surface area contributed by atoms with Gasteiger partial charge in [0.25, 0.3) is 0 Å². The molecule has 1 aliphatic rings. The number of hydrogen-bond acceptors (Lipinski definition) is 5. The van der Waals surface area contributed by atoms with Crippen LogP contribution in [0.1, 0.15) is 142 Å². The molecule has 1 N–H and O–H groups in total. The summed E-state index contributed by atoms with van der Waals surface area (Å²) >= 11 is 0. The molecule has 1 rings (SSSR count). The average molecular weight is 535 g/mol. The van der Waals surface area contributed by atoms with E-state index in [9.17, 15) is 9.46 Å². The van der Waals surface area contributed by atoms with Crippen LogP contribution in [-0.4, -0.2) is 44.5 Å². The minimum absolute atomic E-state index is 0.00724. The van der Waals surface area contributed by atoms with E-state index in [1.807, 2.05) is 0 Å². The van der Waals surface area contributed by atoms with E-state index in [4.69, 9.17) is 14.0 Å². The summed E-state index contributed by atoms with van der Waals surface area (Å²) in [4.78, 5) is 9.53. The first kappa shape index (κ1) is 34.1. The van der Waals surface area contributed by atoms with Gasteiger partial charge in [0.1, 0.15) is 6.10 Å². The molecule has 0 heterocycles. The zero-order chi connectivity index (χ0) is 26.2. The topological polar surface area (TPSA) is 74.2 Å². The fraction of sp³-hybridized carbons (Fsp3) is 1.00. The summed E-state index contributed by atoms with van der Waals surface area (Å²) < 4.78 is 33.1. The molecule has 0 aromatic rings. The maximum absolute atomic E-state index is 11.6. The zero-order valence-electron chi connectivity index (χ0n) is 23.8. The van der Waals surface area contributed by atoms with Crippen molar-refractivity contribution in [2.75, 3.05) is 33.5 Å². The van der Waals surface area contributed by atoms with Gasteiger partial charge >= 0.3 is 7.82 Å². The van der Waals surface area contributed by atoms with E-state index in [2.05, 4.69) is 11.4 Å². The Morgan fingerprint density at radius 2 is 1.25 bits per heavy atom. The fourth-order valence-electron chi connectivity index (χ4n) is 4.97. The van der Waals surface area contributed by atoms with E-state index in [0.29, 0.717) is 25.7 Å². The van der Waals surface area contributed by atoms with Crippen molar-refractivity contribution in [3.8, 4) is 0 Å². The maximum atomic E-state index is 11.6. The van der Waals surface area contributed by atoms with E-state index in [1.165, 1.54) is 136 Å². The lowest BCUT2D eigenvalue weighted by molar-refractivity contribution is -0.0562. The highest BCUT2D eigenvalue weighted by molar-refractivity contribution is 7.47. The molecule has 0 aromatic carbocycles. The van der Waals surface area contributed by atoms with Gasteiger partial charge in [0.2, 0.25) is 0 Å². The van der Waals surface area contributed by atoms with Crippen LogP contribution in [-0.2, 0) is 23.1 Å². The number of ether oxygens (including phenoxy) is 2. The Morgan fingerprint density at radius 1 is 0.750 bits per heavy atom. The molecule has 1 unspecified atom stereocenters. The summed E-state index contributed by atoms with van der Waals surface area (Å²) in [6.07, 6.45) is 27.6. The maximum Gasteiger partial charge on any atom is 0.472 e. The first-order valence-corrected chi connectivity index (χ1v) is 16.8. The molecular formula is C29H59O6P. The standard InChI is InChI=1S/C29H59O6P/c1-3-4-5-6-7-8-9-10-11-12-13-14-15-16-17-21-24-33-26-29(27-35-36(30,31)32-2)34-25-28-22-19-18-20-23-28/h28-29H,3-27H2,1-2H3,(H,30,31)/t29-/m1/s1. The number of phosphoric ester groups is 1. The molecule has 2 atom stereocenters. The molecule has 36 heavy (non-hydrogen) atoms. The third kappa shape index (κ3) is 21.0. The van der Waals surface area contributed by atoms with Crippen LogP contribution in [0.4, 0.5) is 0 Å². The van der Waals surface area contributed by atoms with Crippen molar-refractivity contribution in [3.63, 3.8) is 0 Å². The van der Waals surface area contributed by atoms with E-state index >= 15 is 0 Å². The molecule has 6 nitrogen and oxygen atoms in total. The van der Waals surface area contributed by atoms with E-state index in [1.54, 1.807) is 0 Å². The molecule has 0 amide bonds. The summed E-state index contributed by atoms with van der Waals surface area (Å²) in [5.74, 6) is 0.574. The predicted octanol–water partition coefficient (Wildman–Crippen LogP) is 8.99. The van der Waals surface area contributed by atoms with Crippen molar-refractivity contribution in [1.29, 1.82) is 0 Å². The highest BCUT2D eigenvalue weighted by Crippen LogP contribution is 2.42. The fourth-order valence-corrected chi connectivity index (χ4v) is 5.43. The zero-order valence-corrected chi connectivity index (χ0v) is 24.7.